The van der Waals surface area contributed by atoms with Crippen molar-refractivity contribution in [2.75, 3.05) is 25.0 Å². The van der Waals surface area contributed by atoms with Crippen LogP contribution in [0, 0.1) is 17.8 Å². The quantitative estimate of drug-likeness (QED) is 0.773. The van der Waals surface area contributed by atoms with E-state index in [1.165, 1.54) is 12.4 Å². The fourth-order valence-electron chi connectivity index (χ4n) is 4.63. The highest BCUT2D eigenvalue weighted by molar-refractivity contribution is 5.82. The Hall–Kier alpha value is -1.83. The largest absolute Gasteiger partial charge is 0.418 e. The van der Waals surface area contributed by atoms with Crippen molar-refractivity contribution in [3.8, 4) is 0 Å². The lowest BCUT2D eigenvalue weighted by molar-refractivity contribution is -0.137. The summed E-state index contributed by atoms with van der Waals surface area (Å²) in [5.41, 5.74) is -0.502. The number of carbonyl (C=O) groups is 1. The van der Waals surface area contributed by atoms with Crippen LogP contribution in [-0.4, -0.2) is 43.1 Å². The summed E-state index contributed by atoms with van der Waals surface area (Å²) >= 11 is 0. The molecule has 1 saturated carbocycles. The van der Waals surface area contributed by atoms with Crippen LogP contribution in [-0.2, 0) is 11.0 Å². The molecule has 2 N–H and O–H groups in total. The average molecular weight is 398 g/mol. The summed E-state index contributed by atoms with van der Waals surface area (Å²) in [7, 11) is 1.78. The number of anilines is 1. The van der Waals surface area contributed by atoms with E-state index in [-0.39, 0.29) is 29.6 Å². The molecule has 5 nitrogen and oxygen atoms in total. The topological polar surface area (TPSA) is 57.3 Å². The molecule has 28 heavy (non-hydrogen) atoms. The number of carbonyl (C=O) groups excluding carboxylic acids is 1. The predicted octanol–water partition coefficient (Wildman–Crippen LogP) is 3.07. The van der Waals surface area contributed by atoms with Gasteiger partial charge in [0.25, 0.3) is 0 Å². The second kappa shape index (κ2) is 8.27. The summed E-state index contributed by atoms with van der Waals surface area (Å²) in [6.07, 6.45) is 0.630. The Balaban J connectivity index is 1.69. The van der Waals surface area contributed by atoms with E-state index in [0.717, 1.165) is 25.3 Å². The molecule has 1 aliphatic carbocycles. The van der Waals surface area contributed by atoms with E-state index >= 15 is 0 Å². The molecule has 1 aliphatic heterocycles. The molecule has 1 aromatic heterocycles. The first-order valence-corrected chi connectivity index (χ1v) is 9.94. The minimum absolute atomic E-state index is 0.0107. The van der Waals surface area contributed by atoms with Crippen molar-refractivity contribution >= 4 is 11.6 Å². The highest BCUT2D eigenvalue weighted by Crippen LogP contribution is 2.43. The highest BCUT2D eigenvalue weighted by Gasteiger charge is 2.45. The molecule has 3 rings (SSSR count). The van der Waals surface area contributed by atoms with Gasteiger partial charge in [-0.2, -0.15) is 13.2 Å². The van der Waals surface area contributed by atoms with Gasteiger partial charge in [0.2, 0.25) is 5.91 Å². The van der Waals surface area contributed by atoms with E-state index in [1.54, 1.807) is 11.9 Å². The molecule has 0 unspecified atom stereocenters. The van der Waals surface area contributed by atoms with Crippen molar-refractivity contribution in [1.82, 2.24) is 15.6 Å². The monoisotopic (exact) mass is 398 g/mol. The van der Waals surface area contributed by atoms with Gasteiger partial charge >= 0.3 is 6.18 Å². The van der Waals surface area contributed by atoms with Gasteiger partial charge in [-0.05, 0) is 44.2 Å². The lowest BCUT2D eigenvalue weighted by atomic mass is 9.97. The van der Waals surface area contributed by atoms with Gasteiger partial charge in [0.15, 0.2) is 0 Å². The summed E-state index contributed by atoms with van der Waals surface area (Å²) < 4.78 is 40.1. The van der Waals surface area contributed by atoms with E-state index in [0.29, 0.717) is 24.9 Å². The van der Waals surface area contributed by atoms with Crippen LogP contribution in [0.4, 0.5) is 18.9 Å². The molecule has 156 valence electrons. The molecule has 0 radical (unpaired) electrons. The maximum atomic E-state index is 13.4. The number of amides is 1. The molecule has 2 aliphatic rings. The van der Waals surface area contributed by atoms with Crippen LogP contribution in [0.1, 0.15) is 38.7 Å². The molecule has 0 aromatic carbocycles. The SMILES string of the molecule is CN[C@@H](CC(C)C)C(=O)N[C@H]1CC[C@@H]2CN(c3cnccc3C(F)(F)F)C[C@@H]21. The molecule has 1 amide bonds. The number of halogens is 3. The molecular formula is C20H29F3N4O. The first-order chi connectivity index (χ1) is 13.2. The van der Waals surface area contributed by atoms with E-state index in [1.807, 2.05) is 0 Å². The third kappa shape index (κ3) is 4.42. The standard InChI is InChI=1S/C20H29F3N4O/c1-12(2)8-17(24-3)19(28)26-16-5-4-13-10-27(11-14(13)16)18-9-25-7-6-15(18)20(21,22)23/h6-7,9,12-14,16-17,24H,4-5,8,10-11H2,1-3H3,(H,26,28)/t13-,14+,16+,17+/m1/s1. The number of likely N-dealkylation sites (N-methyl/N-ethyl adjacent to an activating group) is 1. The second-order valence-electron chi connectivity index (χ2n) is 8.38. The molecule has 4 atom stereocenters. The average Bonchev–Trinajstić information content (AvgIpc) is 3.20. The maximum absolute atomic E-state index is 13.4. The van der Waals surface area contributed by atoms with Crippen molar-refractivity contribution in [2.24, 2.45) is 17.8 Å². The van der Waals surface area contributed by atoms with E-state index in [2.05, 4.69) is 29.5 Å². The van der Waals surface area contributed by atoms with Crippen molar-refractivity contribution in [2.45, 2.75) is 51.4 Å². The maximum Gasteiger partial charge on any atom is 0.418 e. The third-order valence-electron chi connectivity index (χ3n) is 6.00. The number of nitrogens with one attached hydrogen (secondary N) is 2. The van der Waals surface area contributed by atoms with Gasteiger partial charge < -0.3 is 15.5 Å². The molecule has 2 fully saturated rings. The fourth-order valence-corrected chi connectivity index (χ4v) is 4.63. The zero-order chi connectivity index (χ0) is 20.5. The summed E-state index contributed by atoms with van der Waals surface area (Å²) in [5.74, 6) is 0.844. The van der Waals surface area contributed by atoms with Crippen LogP contribution in [0.15, 0.2) is 18.5 Å². The number of hydrogen-bond donors (Lipinski definition) is 2. The van der Waals surface area contributed by atoms with Crippen molar-refractivity contribution in [3.63, 3.8) is 0 Å². The number of pyridine rings is 1. The Morgan fingerprint density at radius 1 is 1.32 bits per heavy atom. The molecule has 0 spiro atoms. The smallest absolute Gasteiger partial charge is 0.369 e. The number of rotatable bonds is 6. The Bertz CT molecular complexity index is 694. The van der Waals surface area contributed by atoms with Gasteiger partial charge in [-0.1, -0.05) is 13.8 Å². The Kier molecular flexibility index (Phi) is 6.17. The number of alkyl halides is 3. The number of aromatic nitrogens is 1. The van der Waals surface area contributed by atoms with Gasteiger partial charge in [-0.3, -0.25) is 9.78 Å². The molecule has 8 heteroatoms. The van der Waals surface area contributed by atoms with E-state index in [9.17, 15) is 18.0 Å². The number of hydrogen-bond acceptors (Lipinski definition) is 4. The molecule has 0 bridgehead atoms. The summed E-state index contributed by atoms with van der Waals surface area (Å²) in [6.45, 7) is 5.24. The molecule has 2 heterocycles. The normalized spacial score (nSPS) is 25.8. The van der Waals surface area contributed by atoms with Crippen molar-refractivity contribution in [1.29, 1.82) is 0 Å². The molecular weight excluding hydrogens is 369 g/mol. The van der Waals surface area contributed by atoms with Gasteiger partial charge in [0.1, 0.15) is 0 Å². The molecule has 1 saturated heterocycles. The van der Waals surface area contributed by atoms with Crippen LogP contribution in [0.2, 0.25) is 0 Å². The van der Waals surface area contributed by atoms with E-state index in [4.69, 9.17) is 0 Å². The van der Waals surface area contributed by atoms with Crippen LogP contribution in [0.5, 0.6) is 0 Å². The second-order valence-corrected chi connectivity index (χ2v) is 8.38. The lowest BCUT2D eigenvalue weighted by Gasteiger charge is -2.26. The third-order valence-corrected chi connectivity index (χ3v) is 6.00. The van der Waals surface area contributed by atoms with Crippen molar-refractivity contribution < 1.29 is 18.0 Å². The van der Waals surface area contributed by atoms with Gasteiger partial charge in [0.05, 0.1) is 23.5 Å². The fraction of sp³-hybridized carbons (Fsp3) is 0.700. The Morgan fingerprint density at radius 3 is 2.71 bits per heavy atom. The minimum atomic E-state index is -4.40. The first kappa shape index (κ1) is 20.9. The zero-order valence-electron chi connectivity index (χ0n) is 16.6. The summed E-state index contributed by atoms with van der Waals surface area (Å²) in [4.78, 5) is 18.3. The molecule has 1 aromatic rings. The summed E-state index contributed by atoms with van der Waals surface area (Å²) in [5, 5.41) is 6.23. The van der Waals surface area contributed by atoms with Gasteiger partial charge in [0, 0.05) is 31.2 Å². The predicted molar refractivity (Wildman–Crippen MR) is 102 cm³/mol. The van der Waals surface area contributed by atoms with Crippen LogP contribution >= 0.6 is 0 Å². The summed E-state index contributed by atoms with van der Waals surface area (Å²) in [6, 6.07) is 0.801. The van der Waals surface area contributed by atoms with Crippen LogP contribution in [0.3, 0.4) is 0 Å². The van der Waals surface area contributed by atoms with Gasteiger partial charge in [-0.25, -0.2) is 0 Å². The van der Waals surface area contributed by atoms with Crippen LogP contribution < -0.4 is 15.5 Å². The van der Waals surface area contributed by atoms with Crippen molar-refractivity contribution in [3.05, 3.63) is 24.0 Å². The number of fused-ring (bicyclic) bond motifs is 1. The minimum Gasteiger partial charge on any atom is -0.369 e. The van der Waals surface area contributed by atoms with Gasteiger partial charge in [-0.15, -0.1) is 0 Å². The van der Waals surface area contributed by atoms with E-state index < -0.39 is 11.7 Å². The lowest BCUT2D eigenvalue weighted by Crippen LogP contribution is -2.49. The van der Waals surface area contributed by atoms with Crippen LogP contribution in [0.25, 0.3) is 0 Å². The Labute approximate surface area is 164 Å². The number of nitrogens with zero attached hydrogens (tertiary/aromatic N) is 2. The zero-order valence-corrected chi connectivity index (χ0v) is 16.6. The Morgan fingerprint density at radius 2 is 2.07 bits per heavy atom. The first-order valence-electron chi connectivity index (χ1n) is 9.94. The highest BCUT2D eigenvalue weighted by atomic mass is 19.4.